The van der Waals surface area contributed by atoms with E-state index in [0.717, 1.165) is 45.5 Å². The van der Waals surface area contributed by atoms with E-state index in [1.54, 1.807) is 0 Å². The number of hydrogen-bond acceptors (Lipinski definition) is 3. The fraction of sp³-hybridized carbons (Fsp3) is 1.00. The highest BCUT2D eigenvalue weighted by Gasteiger charge is 2.18. The van der Waals surface area contributed by atoms with Crippen LogP contribution in [0, 0.1) is 0 Å². The third kappa shape index (κ3) is 4.60. The molecule has 0 unspecified atom stereocenters. The molecule has 0 spiro atoms. The Hall–Kier alpha value is -0.120. The highest BCUT2D eigenvalue weighted by Crippen LogP contribution is 2.19. The van der Waals surface area contributed by atoms with Gasteiger partial charge in [-0.25, -0.2) is 0 Å². The summed E-state index contributed by atoms with van der Waals surface area (Å²) in [6, 6.07) is 0.409. The molecule has 1 fully saturated rings. The Morgan fingerprint density at radius 3 is 2.46 bits per heavy atom. The molecule has 0 atom stereocenters. The van der Waals surface area contributed by atoms with E-state index in [4.69, 9.17) is 15.2 Å². The van der Waals surface area contributed by atoms with Crippen LogP contribution in [0.25, 0.3) is 0 Å². The second kappa shape index (κ2) is 6.35. The average Bonchev–Trinajstić information content (AvgIpc) is 2.15. The van der Waals surface area contributed by atoms with Gasteiger partial charge in [-0.3, -0.25) is 0 Å². The van der Waals surface area contributed by atoms with Crippen molar-refractivity contribution in [2.75, 3.05) is 19.8 Å². The highest BCUT2D eigenvalue weighted by molar-refractivity contribution is 4.74. The van der Waals surface area contributed by atoms with Gasteiger partial charge in [-0.15, -0.1) is 0 Å². The largest absolute Gasteiger partial charge is 0.379 e. The summed E-state index contributed by atoms with van der Waals surface area (Å²) in [6.45, 7) is 4.23. The molecule has 78 valence electrons. The van der Waals surface area contributed by atoms with Gasteiger partial charge in [-0.1, -0.05) is 0 Å². The quantitative estimate of drug-likeness (QED) is 0.660. The molecule has 0 aliphatic heterocycles. The van der Waals surface area contributed by atoms with Crippen LogP contribution in [0.1, 0.15) is 32.6 Å². The molecule has 13 heavy (non-hydrogen) atoms. The van der Waals surface area contributed by atoms with Gasteiger partial charge in [0.05, 0.1) is 19.3 Å². The highest BCUT2D eigenvalue weighted by atomic mass is 16.5. The minimum absolute atomic E-state index is 0.409. The van der Waals surface area contributed by atoms with Crippen LogP contribution in [0.15, 0.2) is 0 Å². The topological polar surface area (TPSA) is 44.5 Å². The van der Waals surface area contributed by atoms with E-state index in [1.165, 1.54) is 0 Å². The molecule has 1 saturated carbocycles. The van der Waals surface area contributed by atoms with Crippen LogP contribution in [0.5, 0.6) is 0 Å². The van der Waals surface area contributed by atoms with E-state index in [0.29, 0.717) is 12.1 Å². The van der Waals surface area contributed by atoms with Crippen LogP contribution in [0.3, 0.4) is 0 Å². The van der Waals surface area contributed by atoms with Crippen molar-refractivity contribution in [3.05, 3.63) is 0 Å². The lowest BCUT2D eigenvalue weighted by Gasteiger charge is -2.26. The maximum atomic E-state index is 5.79. The van der Waals surface area contributed by atoms with E-state index < -0.39 is 0 Å². The molecule has 0 radical (unpaired) electrons. The van der Waals surface area contributed by atoms with E-state index in [1.807, 2.05) is 6.92 Å². The first-order chi connectivity index (χ1) is 6.33. The minimum Gasteiger partial charge on any atom is -0.379 e. The third-order valence-corrected chi connectivity index (χ3v) is 2.50. The van der Waals surface area contributed by atoms with Crippen LogP contribution in [0.4, 0.5) is 0 Å². The van der Waals surface area contributed by atoms with Gasteiger partial charge in [0.1, 0.15) is 0 Å². The van der Waals surface area contributed by atoms with Crippen LogP contribution in [0.2, 0.25) is 0 Å². The molecule has 0 aromatic rings. The van der Waals surface area contributed by atoms with Gasteiger partial charge in [-0.2, -0.15) is 0 Å². The first-order valence-electron chi connectivity index (χ1n) is 5.28. The molecule has 0 aromatic carbocycles. The van der Waals surface area contributed by atoms with Gasteiger partial charge in [0, 0.05) is 12.6 Å². The van der Waals surface area contributed by atoms with E-state index >= 15 is 0 Å². The normalized spacial score (nSPS) is 29.1. The molecule has 0 amide bonds. The summed E-state index contributed by atoms with van der Waals surface area (Å²) in [6.07, 6.45) is 4.89. The SMILES string of the molecule is CCOCCOC1CCC(N)CC1. The summed E-state index contributed by atoms with van der Waals surface area (Å²) in [5.41, 5.74) is 5.79. The van der Waals surface area contributed by atoms with Gasteiger partial charge in [0.15, 0.2) is 0 Å². The molecule has 2 N–H and O–H groups in total. The molecule has 0 saturated heterocycles. The van der Waals surface area contributed by atoms with Gasteiger partial charge in [0.25, 0.3) is 0 Å². The zero-order valence-electron chi connectivity index (χ0n) is 8.50. The lowest BCUT2D eigenvalue weighted by atomic mass is 9.94. The molecule has 1 aliphatic rings. The Kier molecular flexibility index (Phi) is 5.35. The molecule has 0 heterocycles. The molecular formula is C10H21NO2. The molecule has 1 rings (SSSR count). The zero-order valence-corrected chi connectivity index (χ0v) is 8.50. The Balaban J connectivity index is 1.96. The molecule has 0 aromatic heterocycles. The maximum absolute atomic E-state index is 5.79. The fourth-order valence-corrected chi connectivity index (χ4v) is 1.67. The first kappa shape index (κ1) is 11.0. The second-order valence-corrected chi connectivity index (χ2v) is 3.60. The number of rotatable bonds is 5. The van der Waals surface area contributed by atoms with Crippen molar-refractivity contribution < 1.29 is 9.47 Å². The van der Waals surface area contributed by atoms with E-state index in [-0.39, 0.29) is 0 Å². The smallest absolute Gasteiger partial charge is 0.0704 e. The Morgan fingerprint density at radius 1 is 1.15 bits per heavy atom. The average molecular weight is 187 g/mol. The molecule has 0 bridgehead atoms. The predicted octanol–water partition coefficient (Wildman–Crippen LogP) is 1.31. The minimum atomic E-state index is 0.409. The van der Waals surface area contributed by atoms with Crippen LogP contribution in [-0.4, -0.2) is 32.0 Å². The van der Waals surface area contributed by atoms with Crippen LogP contribution in [-0.2, 0) is 9.47 Å². The van der Waals surface area contributed by atoms with Crippen molar-refractivity contribution in [1.82, 2.24) is 0 Å². The lowest BCUT2D eigenvalue weighted by Crippen LogP contribution is -2.30. The van der Waals surface area contributed by atoms with Crippen LogP contribution >= 0.6 is 0 Å². The van der Waals surface area contributed by atoms with Gasteiger partial charge in [0.2, 0.25) is 0 Å². The Bertz CT molecular complexity index is 122. The monoisotopic (exact) mass is 187 g/mol. The number of ether oxygens (including phenoxy) is 2. The van der Waals surface area contributed by atoms with Gasteiger partial charge < -0.3 is 15.2 Å². The predicted molar refractivity (Wildman–Crippen MR) is 52.7 cm³/mol. The summed E-state index contributed by atoms with van der Waals surface area (Å²) in [5.74, 6) is 0. The Labute approximate surface area is 80.6 Å². The number of hydrogen-bond donors (Lipinski definition) is 1. The van der Waals surface area contributed by atoms with Crippen molar-refractivity contribution in [2.24, 2.45) is 5.73 Å². The van der Waals surface area contributed by atoms with Crippen molar-refractivity contribution in [1.29, 1.82) is 0 Å². The standard InChI is InChI=1S/C10H21NO2/c1-2-12-7-8-13-10-5-3-9(11)4-6-10/h9-10H,2-8,11H2,1H3. The molecule has 3 heteroatoms. The summed E-state index contributed by atoms with van der Waals surface area (Å²) in [4.78, 5) is 0. The Morgan fingerprint density at radius 2 is 1.85 bits per heavy atom. The summed E-state index contributed by atoms with van der Waals surface area (Å²) in [7, 11) is 0. The number of nitrogens with two attached hydrogens (primary N) is 1. The van der Waals surface area contributed by atoms with E-state index in [2.05, 4.69) is 0 Å². The second-order valence-electron chi connectivity index (χ2n) is 3.60. The maximum Gasteiger partial charge on any atom is 0.0704 e. The fourth-order valence-electron chi connectivity index (χ4n) is 1.67. The van der Waals surface area contributed by atoms with Crippen LogP contribution < -0.4 is 5.73 Å². The van der Waals surface area contributed by atoms with Gasteiger partial charge >= 0.3 is 0 Å². The van der Waals surface area contributed by atoms with Crippen molar-refractivity contribution in [2.45, 2.75) is 44.8 Å². The zero-order chi connectivity index (χ0) is 9.52. The van der Waals surface area contributed by atoms with E-state index in [9.17, 15) is 0 Å². The third-order valence-electron chi connectivity index (χ3n) is 2.50. The summed E-state index contributed by atoms with van der Waals surface area (Å²) < 4.78 is 10.8. The van der Waals surface area contributed by atoms with Crippen molar-refractivity contribution >= 4 is 0 Å². The molecule has 1 aliphatic carbocycles. The van der Waals surface area contributed by atoms with Crippen molar-refractivity contribution in [3.63, 3.8) is 0 Å². The summed E-state index contributed by atoms with van der Waals surface area (Å²) in [5, 5.41) is 0. The lowest BCUT2D eigenvalue weighted by molar-refractivity contribution is -0.00986. The van der Waals surface area contributed by atoms with Gasteiger partial charge in [-0.05, 0) is 32.6 Å². The van der Waals surface area contributed by atoms with Crippen molar-refractivity contribution in [3.8, 4) is 0 Å². The molecule has 3 nitrogen and oxygen atoms in total. The molecular weight excluding hydrogens is 166 g/mol. The summed E-state index contributed by atoms with van der Waals surface area (Å²) >= 11 is 0. The first-order valence-corrected chi connectivity index (χ1v) is 5.28.